The lowest BCUT2D eigenvalue weighted by molar-refractivity contribution is -0.132. The van der Waals surface area contributed by atoms with Crippen molar-refractivity contribution in [2.75, 3.05) is 19.7 Å². The van der Waals surface area contributed by atoms with Crippen molar-refractivity contribution >= 4 is 17.7 Å². The van der Waals surface area contributed by atoms with E-state index in [4.69, 9.17) is 5.11 Å². The van der Waals surface area contributed by atoms with E-state index in [1.54, 1.807) is 29.2 Å². The van der Waals surface area contributed by atoms with E-state index in [2.05, 4.69) is 0 Å². The predicted octanol–water partition coefficient (Wildman–Crippen LogP) is 0.266. The van der Waals surface area contributed by atoms with Gasteiger partial charge in [0, 0.05) is 12.6 Å². The Morgan fingerprint density at radius 1 is 1.19 bits per heavy atom. The number of aliphatic hydroxyl groups excluding tert-OH is 1. The third-order valence-electron chi connectivity index (χ3n) is 3.82. The predicted molar refractivity (Wildman–Crippen MR) is 73.6 cm³/mol. The summed E-state index contributed by atoms with van der Waals surface area (Å²) in [6.45, 7) is -0.139. The summed E-state index contributed by atoms with van der Waals surface area (Å²) < 4.78 is 0. The molecule has 0 bridgehead atoms. The molecule has 3 amide bonds. The molecule has 1 N–H and O–H groups in total. The second-order valence-corrected chi connectivity index (χ2v) is 5.28. The number of benzene rings is 1. The van der Waals surface area contributed by atoms with Crippen molar-refractivity contribution in [3.8, 4) is 0 Å². The molecule has 1 saturated carbocycles. The van der Waals surface area contributed by atoms with Gasteiger partial charge in [-0.15, -0.1) is 0 Å². The quantitative estimate of drug-likeness (QED) is 0.789. The van der Waals surface area contributed by atoms with Gasteiger partial charge in [0.25, 0.3) is 11.8 Å². The van der Waals surface area contributed by atoms with Crippen LogP contribution in [0, 0.1) is 0 Å². The molecular formula is C15H16N2O4. The Morgan fingerprint density at radius 2 is 1.76 bits per heavy atom. The van der Waals surface area contributed by atoms with Crippen LogP contribution >= 0.6 is 0 Å². The van der Waals surface area contributed by atoms with Crippen molar-refractivity contribution in [2.45, 2.75) is 18.9 Å². The highest BCUT2D eigenvalue weighted by molar-refractivity contribution is 6.22. The van der Waals surface area contributed by atoms with Crippen LogP contribution in [0.15, 0.2) is 24.3 Å². The molecular weight excluding hydrogens is 272 g/mol. The Bertz CT molecular complexity index is 574. The molecule has 1 aliphatic heterocycles. The van der Waals surface area contributed by atoms with E-state index in [1.807, 2.05) is 0 Å². The van der Waals surface area contributed by atoms with Crippen molar-refractivity contribution in [3.63, 3.8) is 0 Å². The van der Waals surface area contributed by atoms with Gasteiger partial charge in [0.05, 0.1) is 17.7 Å². The Labute approximate surface area is 122 Å². The Morgan fingerprint density at radius 3 is 2.24 bits per heavy atom. The van der Waals surface area contributed by atoms with E-state index in [0.29, 0.717) is 11.1 Å². The summed E-state index contributed by atoms with van der Waals surface area (Å²) in [6, 6.07) is 6.70. The van der Waals surface area contributed by atoms with Crippen molar-refractivity contribution in [1.29, 1.82) is 0 Å². The van der Waals surface area contributed by atoms with Gasteiger partial charge in [-0.05, 0) is 25.0 Å². The molecule has 0 radical (unpaired) electrons. The fourth-order valence-corrected chi connectivity index (χ4v) is 2.61. The van der Waals surface area contributed by atoms with Crippen molar-refractivity contribution < 1.29 is 19.5 Å². The fraction of sp³-hybridized carbons (Fsp3) is 0.400. The average molecular weight is 288 g/mol. The van der Waals surface area contributed by atoms with Crippen molar-refractivity contribution in [1.82, 2.24) is 9.80 Å². The molecule has 0 atom stereocenters. The normalized spacial score (nSPS) is 17.1. The smallest absolute Gasteiger partial charge is 0.262 e. The van der Waals surface area contributed by atoms with Gasteiger partial charge in [0.1, 0.15) is 6.54 Å². The first-order valence-electron chi connectivity index (χ1n) is 6.99. The maximum atomic E-state index is 12.3. The Hall–Kier alpha value is -2.21. The van der Waals surface area contributed by atoms with Crippen LogP contribution in [-0.2, 0) is 4.79 Å². The number of imide groups is 1. The van der Waals surface area contributed by atoms with Gasteiger partial charge in [-0.2, -0.15) is 0 Å². The van der Waals surface area contributed by atoms with Gasteiger partial charge in [0.2, 0.25) is 5.91 Å². The summed E-state index contributed by atoms with van der Waals surface area (Å²) >= 11 is 0. The largest absolute Gasteiger partial charge is 0.395 e. The number of fused-ring (bicyclic) bond motifs is 1. The number of rotatable bonds is 5. The van der Waals surface area contributed by atoms with E-state index in [0.717, 1.165) is 17.7 Å². The summed E-state index contributed by atoms with van der Waals surface area (Å²) in [6.07, 6.45) is 1.82. The van der Waals surface area contributed by atoms with E-state index in [1.165, 1.54) is 0 Å². The zero-order valence-corrected chi connectivity index (χ0v) is 11.5. The minimum Gasteiger partial charge on any atom is -0.395 e. The van der Waals surface area contributed by atoms with Crippen LogP contribution in [-0.4, -0.2) is 58.4 Å². The summed E-state index contributed by atoms with van der Waals surface area (Å²) in [4.78, 5) is 39.2. The Kier molecular flexibility index (Phi) is 3.47. The highest BCUT2D eigenvalue weighted by Crippen LogP contribution is 2.28. The SMILES string of the molecule is O=C1c2ccccc2C(=O)N1CC(=O)N(CCO)C1CC1. The standard InChI is InChI=1S/C15H16N2O4/c18-8-7-16(10-5-6-10)13(19)9-17-14(20)11-3-1-2-4-12(11)15(17)21/h1-4,10,18H,5-9H2. The second-order valence-electron chi connectivity index (χ2n) is 5.28. The first kappa shape index (κ1) is 13.8. The summed E-state index contributed by atoms with van der Waals surface area (Å²) in [5.74, 6) is -1.14. The lowest BCUT2D eigenvalue weighted by Gasteiger charge is -2.23. The van der Waals surface area contributed by atoms with Gasteiger partial charge in [-0.1, -0.05) is 12.1 Å². The number of carbonyl (C=O) groups excluding carboxylic acids is 3. The molecule has 6 heteroatoms. The summed E-state index contributed by atoms with van der Waals surface area (Å²) in [7, 11) is 0. The molecule has 0 aromatic heterocycles. The number of aliphatic hydroxyl groups is 1. The van der Waals surface area contributed by atoms with Crippen LogP contribution in [0.3, 0.4) is 0 Å². The van der Waals surface area contributed by atoms with E-state index in [9.17, 15) is 14.4 Å². The minimum absolute atomic E-state index is 0.121. The maximum absolute atomic E-state index is 12.3. The Balaban J connectivity index is 1.75. The van der Waals surface area contributed by atoms with Gasteiger partial charge < -0.3 is 10.0 Å². The van der Waals surface area contributed by atoms with E-state index >= 15 is 0 Å². The van der Waals surface area contributed by atoms with Gasteiger partial charge in [0.15, 0.2) is 0 Å². The first-order valence-corrected chi connectivity index (χ1v) is 6.99. The van der Waals surface area contributed by atoms with Crippen LogP contribution < -0.4 is 0 Å². The van der Waals surface area contributed by atoms with Gasteiger partial charge >= 0.3 is 0 Å². The average Bonchev–Trinajstić information content (AvgIpc) is 3.30. The van der Waals surface area contributed by atoms with Crippen LogP contribution in [0.25, 0.3) is 0 Å². The molecule has 0 unspecified atom stereocenters. The number of hydrogen-bond donors (Lipinski definition) is 1. The molecule has 1 fully saturated rings. The van der Waals surface area contributed by atoms with Crippen LogP contribution in [0.4, 0.5) is 0 Å². The van der Waals surface area contributed by atoms with Crippen molar-refractivity contribution in [3.05, 3.63) is 35.4 Å². The monoisotopic (exact) mass is 288 g/mol. The molecule has 3 rings (SSSR count). The fourth-order valence-electron chi connectivity index (χ4n) is 2.61. The molecule has 21 heavy (non-hydrogen) atoms. The molecule has 1 aromatic rings. The molecule has 1 aliphatic carbocycles. The second kappa shape index (κ2) is 5.29. The third-order valence-corrected chi connectivity index (χ3v) is 3.82. The first-order chi connectivity index (χ1) is 10.1. The highest BCUT2D eigenvalue weighted by Gasteiger charge is 2.39. The van der Waals surface area contributed by atoms with E-state index in [-0.39, 0.29) is 31.6 Å². The van der Waals surface area contributed by atoms with Gasteiger partial charge in [-0.3, -0.25) is 19.3 Å². The zero-order valence-electron chi connectivity index (χ0n) is 11.5. The van der Waals surface area contributed by atoms with Crippen LogP contribution in [0.1, 0.15) is 33.6 Å². The van der Waals surface area contributed by atoms with Crippen molar-refractivity contribution in [2.24, 2.45) is 0 Å². The molecule has 110 valence electrons. The van der Waals surface area contributed by atoms with Crippen LogP contribution in [0.5, 0.6) is 0 Å². The number of carbonyl (C=O) groups is 3. The summed E-state index contributed by atoms with van der Waals surface area (Å²) in [5.41, 5.74) is 0.686. The number of hydrogen-bond acceptors (Lipinski definition) is 4. The number of amides is 3. The molecule has 1 aromatic carbocycles. The summed E-state index contributed by atoms with van der Waals surface area (Å²) in [5, 5.41) is 9.03. The highest BCUT2D eigenvalue weighted by atomic mass is 16.3. The molecule has 6 nitrogen and oxygen atoms in total. The molecule has 2 aliphatic rings. The van der Waals surface area contributed by atoms with E-state index < -0.39 is 11.8 Å². The molecule has 1 heterocycles. The minimum atomic E-state index is -0.427. The third kappa shape index (κ3) is 2.42. The number of nitrogens with zero attached hydrogens (tertiary/aromatic N) is 2. The zero-order chi connectivity index (χ0) is 15.0. The topological polar surface area (TPSA) is 77.9 Å². The lowest BCUT2D eigenvalue weighted by Crippen LogP contribution is -2.44. The molecule has 0 saturated heterocycles. The molecule has 0 spiro atoms. The lowest BCUT2D eigenvalue weighted by atomic mass is 10.1. The van der Waals surface area contributed by atoms with Crippen LogP contribution in [0.2, 0.25) is 0 Å². The van der Waals surface area contributed by atoms with Gasteiger partial charge in [-0.25, -0.2) is 0 Å². The maximum Gasteiger partial charge on any atom is 0.262 e.